The molecule has 0 aromatic rings. The zero-order chi connectivity index (χ0) is 26.3. The van der Waals surface area contributed by atoms with Gasteiger partial charge in [-0.3, -0.25) is 9.59 Å². The Morgan fingerprint density at radius 3 is 2.06 bits per heavy atom. The van der Waals surface area contributed by atoms with Gasteiger partial charge in [0.15, 0.2) is 0 Å². The van der Waals surface area contributed by atoms with E-state index in [4.69, 9.17) is 18.9 Å². The summed E-state index contributed by atoms with van der Waals surface area (Å²) in [6.07, 6.45) is 7.73. The minimum absolute atomic E-state index is 0.0471. The molecule has 0 saturated carbocycles. The number of alkyl carbamates (subject to hydrolysis) is 1. The third-order valence-corrected chi connectivity index (χ3v) is 5.27. The van der Waals surface area contributed by atoms with Crippen molar-refractivity contribution in [2.75, 3.05) is 33.0 Å². The predicted molar refractivity (Wildman–Crippen MR) is 133 cm³/mol. The van der Waals surface area contributed by atoms with Crippen LogP contribution in [0.4, 0.5) is 4.79 Å². The van der Waals surface area contributed by atoms with Crippen molar-refractivity contribution < 1.29 is 38.1 Å². The van der Waals surface area contributed by atoms with Gasteiger partial charge in [-0.25, -0.2) is 9.59 Å². The molecule has 202 valence electrons. The van der Waals surface area contributed by atoms with Crippen molar-refractivity contribution in [2.45, 2.75) is 91.4 Å². The first-order chi connectivity index (χ1) is 16.8. The van der Waals surface area contributed by atoms with E-state index in [0.29, 0.717) is 63.2 Å². The number of rotatable bonds is 21. The number of unbranched alkanes of at least 4 members (excludes halogenated alkanes) is 4. The Labute approximate surface area is 210 Å². The Hall–Kier alpha value is -2.58. The van der Waals surface area contributed by atoms with E-state index in [1.807, 2.05) is 0 Å². The summed E-state index contributed by atoms with van der Waals surface area (Å²) in [5, 5.41) is 2.48. The van der Waals surface area contributed by atoms with E-state index in [9.17, 15) is 19.2 Å². The zero-order valence-corrected chi connectivity index (χ0v) is 21.9. The second kappa shape index (κ2) is 21.9. The summed E-state index contributed by atoms with van der Waals surface area (Å²) in [6.45, 7) is 10.5. The molecule has 0 aliphatic rings. The smallest absolute Gasteiger partial charge is 0.407 e. The number of carbonyl (C=O) groups is 4. The van der Waals surface area contributed by atoms with Gasteiger partial charge in [0.25, 0.3) is 0 Å². The van der Waals surface area contributed by atoms with Crippen LogP contribution in [0, 0.1) is 5.92 Å². The molecule has 9 nitrogen and oxygen atoms in total. The first-order valence-corrected chi connectivity index (χ1v) is 12.8. The normalized spacial score (nSPS) is 11.3. The number of esters is 3. The molecule has 0 aromatic heterocycles. The Kier molecular flexibility index (Phi) is 20.3. The van der Waals surface area contributed by atoms with E-state index < -0.39 is 12.1 Å². The van der Waals surface area contributed by atoms with Gasteiger partial charge in [-0.15, -0.1) is 0 Å². The molecule has 0 radical (unpaired) electrons. The molecule has 0 aliphatic heterocycles. The lowest BCUT2D eigenvalue weighted by molar-refractivity contribution is -0.145. The summed E-state index contributed by atoms with van der Waals surface area (Å²) in [6, 6.07) is 0. The van der Waals surface area contributed by atoms with Crippen LogP contribution < -0.4 is 5.32 Å². The molecule has 0 rings (SSSR count). The molecular weight excluding hydrogens is 454 g/mol. The van der Waals surface area contributed by atoms with E-state index in [0.717, 1.165) is 32.1 Å². The fourth-order valence-corrected chi connectivity index (χ4v) is 2.99. The molecule has 0 fully saturated rings. The van der Waals surface area contributed by atoms with E-state index in [1.54, 1.807) is 6.92 Å². The number of nitrogens with one attached hydrogen (secondary N) is 1. The molecular formula is C26H45NO8. The van der Waals surface area contributed by atoms with Crippen LogP contribution in [0.15, 0.2) is 12.2 Å². The number of ether oxygens (including phenoxy) is 4. The SMILES string of the molecule is C=C(C)C(=O)OCCNC(=O)OCCCCCC(=O)OCCCCC(=O)OCC(CC)CCCC. The van der Waals surface area contributed by atoms with Crippen LogP contribution >= 0.6 is 0 Å². The first-order valence-electron chi connectivity index (χ1n) is 12.8. The molecule has 0 spiro atoms. The monoisotopic (exact) mass is 499 g/mol. The highest BCUT2D eigenvalue weighted by molar-refractivity contribution is 5.86. The molecule has 1 unspecified atom stereocenters. The van der Waals surface area contributed by atoms with Crippen LogP contribution in [0.3, 0.4) is 0 Å². The van der Waals surface area contributed by atoms with Crippen molar-refractivity contribution in [1.82, 2.24) is 5.32 Å². The average Bonchev–Trinajstić information content (AvgIpc) is 2.83. The lowest BCUT2D eigenvalue weighted by Crippen LogP contribution is -2.29. The third kappa shape index (κ3) is 20.5. The van der Waals surface area contributed by atoms with Crippen molar-refractivity contribution in [2.24, 2.45) is 5.92 Å². The van der Waals surface area contributed by atoms with Gasteiger partial charge < -0.3 is 24.3 Å². The van der Waals surface area contributed by atoms with Crippen molar-refractivity contribution >= 4 is 24.0 Å². The highest BCUT2D eigenvalue weighted by Crippen LogP contribution is 2.13. The first kappa shape index (κ1) is 32.4. The molecule has 1 N–H and O–H groups in total. The van der Waals surface area contributed by atoms with Crippen molar-refractivity contribution in [1.29, 1.82) is 0 Å². The van der Waals surface area contributed by atoms with E-state index in [1.165, 1.54) is 0 Å². The maximum Gasteiger partial charge on any atom is 0.407 e. The highest BCUT2D eigenvalue weighted by atomic mass is 16.6. The Balaban J connectivity index is 3.56. The van der Waals surface area contributed by atoms with E-state index in [2.05, 4.69) is 25.7 Å². The number of hydrogen-bond acceptors (Lipinski definition) is 8. The van der Waals surface area contributed by atoms with Crippen LogP contribution in [0.1, 0.15) is 91.4 Å². The Morgan fingerprint density at radius 1 is 0.771 bits per heavy atom. The quantitative estimate of drug-likeness (QED) is 0.103. The second-order valence-corrected chi connectivity index (χ2v) is 8.57. The van der Waals surface area contributed by atoms with Crippen LogP contribution in [0.5, 0.6) is 0 Å². The lowest BCUT2D eigenvalue weighted by atomic mass is 10.0. The van der Waals surface area contributed by atoms with Gasteiger partial charge in [-0.1, -0.05) is 39.7 Å². The summed E-state index contributed by atoms with van der Waals surface area (Å²) in [5.74, 6) is -0.517. The fourth-order valence-electron chi connectivity index (χ4n) is 2.99. The van der Waals surface area contributed by atoms with Crippen LogP contribution in [-0.4, -0.2) is 57.0 Å². The van der Waals surface area contributed by atoms with Gasteiger partial charge >= 0.3 is 24.0 Å². The van der Waals surface area contributed by atoms with Crippen LogP contribution in [0.25, 0.3) is 0 Å². The van der Waals surface area contributed by atoms with Gasteiger partial charge in [0.05, 0.1) is 26.4 Å². The van der Waals surface area contributed by atoms with Crippen molar-refractivity contribution in [3.05, 3.63) is 12.2 Å². The Morgan fingerprint density at radius 2 is 1.40 bits per heavy atom. The highest BCUT2D eigenvalue weighted by Gasteiger charge is 2.10. The molecule has 0 aliphatic carbocycles. The van der Waals surface area contributed by atoms with Crippen LogP contribution in [0.2, 0.25) is 0 Å². The maximum atomic E-state index is 11.8. The molecule has 9 heteroatoms. The minimum Gasteiger partial charge on any atom is -0.466 e. The fraction of sp³-hybridized carbons (Fsp3) is 0.769. The number of amides is 1. The molecule has 1 atom stereocenters. The third-order valence-electron chi connectivity index (χ3n) is 5.27. The summed E-state index contributed by atoms with van der Waals surface area (Å²) >= 11 is 0. The molecule has 0 bridgehead atoms. The van der Waals surface area contributed by atoms with Crippen LogP contribution in [-0.2, 0) is 33.3 Å². The standard InChI is InChI=1S/C26H45NO8/c1-5-7-13-22(6-2)20-35-24(29)15-10-12-17-32-23(28)14-9-8-11-18-34-26(31)27-16-19-33-25(30)21(3)4/h22H,3,5-20H2,1-2,4H3,(H,27,31). The number of hydrogen-bond donors (Lipinski definition) is 1. The zero-order valence-electron chi connectivity index (χ0n) is 21.9. The predicted octanol–water partition coefficient (Wildman–Crippen LogP) is 4.87. The molecule has 0 aromatic carbocycles. The van der Waals surface area contributed by atoms with Gasteiger partial charge in [0.1, 0.15) is 6.61 Å². The molecule has 1 amide bonds. The largest absolute Gasteiger partial charge is 0.466 e. The molecule has 35 heavy (non-hydrogen) atoms. The minimum atomic E-state index is -0.582. The topological polar surface area (TPSA) is 117 Å². The van der Waals surface area contributed by atoms with Gasteiger partial charge in [-0.2, -0.15) is 0 Å². The summed E-state index contributed by atoms with van der Waals surface area (Å²) in [7, 11) is 0. The lowest BCUT2D eigenvalue weighted by Gasteiger charge is -2.14. The Bertz CT molecular complexity index is 635. The maximum absolute atomic E-state index is 11.8. The van der Waals surface area contributed by atoms with Gasteiger partial charge in [0, 0.05) is 18.4 Å². The average molecular weight is 500 g/mol. The van der Waals surface area contributed by atoms with E-state index >= 15 is 0 Å². The molecule has 0 saturated heterocycles. The van der Waals surface area contributed by atoms with Gasteiger partial charge in [-0.05, 0) is 51.4 Å². The van der Waals surface area contributed by atoms with Gasteiger partial charge in [0.2, 0.25) is 0 Å². The van der Waals surface area contributed by atoms with Crippen molar-refractivity contribution in [3.63, 3.8) is 0 Å². The second-order valence-electron chi connectivity index (χ2n) is 8.57. The molecule has 0 heterocycles. The summed E-state index contributed by atoms with van der Waals surface area (Å²) in [4.78, 5) is 46.3. The summed E-state index contributed by atoms with van der Waals surface area (Å²) in [5.41, 5.74) is 0.298. The van der Waals surface area contributed by atoms with E-state index in [-0.39, 0.29) is 31.7 Å². The van der Waals surface area contributed by atoms with Crippen molar-refractivity contribution in [3.8, 4) is 0 Å². The summed E-state index contributed by atoms with van der Waals surface area (Å²) < 4.78 is 20.4. The number of carbonyl (C=O) groups excluding carboxylic acids is 4.